The van der Waals surface area contributed by atoms with E-state index in [4.69, 9.17) is 16.3 Å². The quantitative estimate of drug-likeness (QED) is 0.708. The molecule has 144 valence electrons. The van der Waals surface area contributed by atoms with Crippen LogP contribution in [0.1, 0.15) is 18.5 Å². The van der Waals surface area contributed by atoms with Gasteiger partial charge in [-0.1, -0.05) is 54.1 Å². The fourth-order valence-electron chi connectivity index (χ4n) is 3.40. The van der Waals surface area contributed by atoms with E-state index in [1.165, 1.54) is 17.3 Å². The lowest BCUT2D eigenvalue weighted by Gasteiger charge is -2.38. The van der Waals surface area contributed by atoms with Gasteiger partial charge in [0.05, 0.1) is 30.0 Å². The predicted molar refractivity (Wildman–Crippen MR) is 111 cm³/mol. The number of nitrogens with one attached hydrogen (secondary N) is 1. The predicted octanol–water partition coefficient (Wildman–Crippen LogP) is 4.01. The van der Waals surface area contributed by atoms with E-state index >= 15 is 0 Å². The molecule has 6 heteroatoms. The highest BCUT2D eigenvalue weighted by molar-refractivity contribution is 8.00. The summed E-state index contributed by atoms with van der Waals surface area (Å²) >= 11 is 7.64. The van der Waals surface area contributed by atoms with Crippen molar-refractivity contribution in [1.82, 2.24) is 10.2 Å². The van der Waals surface area contributed by atoms with Gasteiger partial charge in [0.2, 0.25) is 5.91 Å². The lowest BCUT2D eigenvalue weighted by atomic mass is 9.98. The van der Waals surface area contributed by atoms with Gasteiger partial charge in [0, 0.05) is 24.0 Å². The maximum absolute atomic E-state index is 12.5. The standard InChI is InChI=1S/C21H25ClN2O2S/c1-16(23-20(25)15-27-19-10-6-5-9-18(19)22)21(17-7-3-2-4-8-17)24-11-13-26-14-12-24/h2-10,16,21H,11-15H2,1H3,(H,23,25)/t16-,21-/m0/s1. The highest BCUT2D eigenvalue weighted by Gasteiger charge is 2.28. The summed E-state index contributed by atoms with van der Waals surface area (Å²) in [6, 6.07) is 18.1. The maximum Gasteiger partial charge on any atom is 0.230 e. The molecule has 0 unspecified atom stereocenters. The minimum Gasteiger partial charge on any atom is -0.379 e. The molecule has 1 aliphatic heterocycles. The van der Waals surface area contributed by atoms with E-state index in [9.17, 15) is 4.79 Å². The Morgan fingerprint density at radius 3 is 2.52 bits per heavy atom. The first-order valence-corrected chi connectivity index (χ1v) is 10.5. The summed E-state index contributed by atoms with van der Waals surface area (Å²) < 4.78 is 5.50. The second kappa shape index (κ2) is 10.1. The summed E-state index contributed by atoms with van der Waals surface area (Å²) in [5, 5.41) is 3.86. The van der Waals surface area contributed by atoms with Crippen molar-refractivity contribution in [3.8, 4) is 0 Å². The zero-order valence-electron chi connectivity index (χ0n) is 15.4. The molecule has 2 aromatic carbocycles. The molecule has 0 bridgehead atoms. The number of carbonyl (C=O) groups is 1. The summed E-state index contributed by atoms with van der Waals surface area (Å²) in [5.41, 5.74) is 1.21. The lowest BCUT2D eigenvalue weighted by Crippen LogP contribution is -2.48. The molecule has 0 aromatic heterocycles. The molecule has 1 saturated heterocycles. The summed E-state index contributed by atoms with van der Waals surface area (Å²) in [4.78, 5) is 15.9. The molecule has 0 saturated carbocycles. The van der Waals surface area contributed by atoms with E-state index in [-0.39, 0.29) is 18.0 Å². The smallest absolute Gasteiger partial charge is 0.230 e. The van der Waals surface area contributed by atoms with Crippen LogP contribution in [0.3, 0.4) is 0 Å². The number of carbonyl (C=O) groups excluding carboxylic acids is 1. The lowest BCUT2D eigenvalue weighted by molar-refractivity contribution is -0.119. The van der Waals surface area contributed by atoms with Gasteiger partial charge in [-0.25, -0.2) is 0 Å². The van der Waals surface area contributed by atoms with Crippen LogP contribution in [-0.2, 0) is 9.53 Å². The largest absolute Gasteiger partial charge is 0.379 e. The van der Waals surface area contributed by atoms with E-state index in [1.54, 1.807) is 0 Å². The third-order valence-electron chi connectivity index (χ3n) is 4.64. The Labute approximate surface area is 170 Å². The van der Waals surface area contributed by atoms with Gasteiger partial charge in [0.1, 0.15) is 0 Å². The minimum absolute atomic E-state index is 0.00940. The van der Waals surface area contributed by atoms with E-state index in [0.717, 1.165) is 31.2 Å². The molecule has 1 amide bonds. The van der Waals surface area contributed by atoms with Gasteiger partial charge < -0.3 is 10.1 Å². The first-order valence-electron chi connectivity index (χ1n) is 9.18. The van der Waals surface area contributed by atoms with Gasteiger partial charge in [0.15, 0.2) is 0 Å². The second-order valence-electron chi connectivity index (χ2n) is 6.58. The fourth-order valence-corrected chi connectivity index (χ4v) is 4.45. The number of ether oxygens (including phenoxy) is 1. The van der Waals surface area contributed by atoms with E-state index in [1.807, 2.05) is 42.5 Å². The second-order valence-corrected chi connectivity index (χ2v) is 8.00. The Kier molecular flexibility index (Phi) is 7.59. The van der Waals surface area contributed by atoms with Crippen LogP contribution >= 0.6 is 23.4 Å². The number of hydrogen-bond donors (Lipinski definition) is 1. The van der Waals surface area contributed by atoms with Crippen molar-refractivity contribution in [1.29, 1.82) is 0 Å². The number of amides is 1. The minimum atomic E-state index is -0.00940. The van der Waals surface area contributed by atoms with Crippen molar-refractivity contribution in [2.24, 2.45) is 0 Å². The zero-order valence-corrected chi connectivity index (χ0v) is 17.0. The molecule has 1 N–H and O–H groups in total. The molecule has 3 rings (SSSR count). The highest BCUT2D eigenvalue weighted by atomic mass is 35.5. The Morgan fingerprint density at radius 2 is 1.81 bits per heavy atom. The van der Waals surface area contributed by atoms with Crippen LogP contribution in [0.2, 0.25) is 5.02 Å². The molecule has 4 nitrogen and oxygen atoms in total. The summed E-state index contributed by atoms with van der Waals surface area (Å²) in [7, 11) is 0. The van der Waals surface area contributed by atoms with Crippen LogP contribution in [-0.4, -0.2) is 48.9 Å². The Hall–Kier alpha value is -1.53. The summed E-state index contributed by atoms with van der Waals surface area (Å²) in [5.74, 6) is 0.361. The highest BCUT2D eigenvalue weighted by Crippen LogP contribution is 2.27. The Balaban J connectivity index is 1.64. The summed E-state index contributed by atoms with van der Waals surface area (Å²) in [6.07, 6.45) is 0. The van der Waals surface area contributed by atoms with Gasteiger partial charge >= 0.3 is 0 Å². The molecule has 1 aliphatic rings. The average molecular weight is 405 g/mol. The molecule has 0 radical (unpaired) electrons. The third kappa shape index (κ3) is 5.72. The van der Waals surface area contributed by atoms with Crippen LogP contribution in [0, 0.1) is 0 Å². The van der Waals surface area contributed by atoms with E-state index in [0.29, 0.717) is 10.8 Å². The van der Waals surface area contributed by atoms with Crippen LogP contribution in [0.15, 0.2) is 59.5 Å². The van der Waals surface area contributed by atoms with Crippen LogP contribution in [0.5, 0.6) is 0 Å². The number of thioether (sulfide) groups is 1. The summed E-state index contributed by atoms with van der Waals surface area (Å²) in [6.45, 7) is 5.27. The molecule has 0 aliphatic carbocycles. The molecule has 1 fully saturated rings. The van der Waals surface area contributed by atoms with Crippen LogP contribution in [0.4, 0.5) is 0 Å². The van der Waals surface area contributed by atoms with Crippen LogP contribution < -0.4 is 5.32 Å². The monoisotopic (exact) mass is 404 g/mol. The number of hydrogen-bond acceptors (Lipinski definition) is 4. The molecule has 2 aromatic rings. The SMILES string of the molecule is C[C@H](NC(=O)CSc1ccccc1Cl)[C@@H](c1ccccc1)N1CCOCC1. The van der Waals surface area contributed by atoms with Crippen molar-refractivity contribution < 1.29 is 9.53 Å². The average Bonchev–Trinajstić information content (AvgIpc) is 2.69. The third-order valence-corrected chi connectivity index (χ3v) is 6.15. The van der Waals surface area contributed by atoms with Gasteiger partial charge in [-0.3, -0.25) is 9.69 Å². The van der Waals surface area contributed by atoms with Gasteiger partial charge in [-0.05, 0) is 24.6 Å². The molecule has 27 heavy (non-hydrogen) atoms. The van der Waals surface area contributed by atoms with Crippen molar-refractivity contribution >= 4 is 29.3 Å². The molecule has 0 spiro atoms. The molecule has 1 heterocycles. The zero-order chi connectivity index (χ0) is 19.1. The number of halogens is 1. The van der Waals surface area contributed by atoms with E-state index < -0.39 is 0 Å². The number of morpholine rings is 1. The van der Waals surface area contributed by atoms with Gasteiger partial charge in [0.25, 0.3) is 0 Å². The van der Waals surface area contributed by atoms with Crippen molar-refractivity contribution in [2.75, 3.05) is 32.1 Å². The fraction of sp³-hybridized carbons (Fsp3) is 0.381. The normalized spacial score (nSPS) is 17.3. The van der Waals surface area contributed by atoms with Crippen molar-refractivity contribution in [2.45, 2.75) is 23.9 Å². The van der Waals surface area contributed by atoms with Gasteiger partial charge in [-0.15, -0.1) is 11.8 Å². The Bertz CT molecular complexity index is 738. The topological polar surface area (TPSA) is 41.6 Å². The Morgan fingerprint density at radius 1 is 1.15 bits per heavy atom. The van der Waals surface area contributed by atoms with Crippen molar-refractivity contribution in [3.63, 3.8) is 0 Å². The maximum atomic E-state index is 12.5. The number of nitrogens with zero attached hydrogens (tertiary/aromatic N) is 1. The van der Waals surface area contributed by atoms with E-state index in [2.05, 4.69) is 29.3 Å². The first-order chi connectivity index (χ1) is 13.1. The van der Waals surface area contributed by atoms with Crippen molar-refractivity contribution in [3.05, 3.63) is 65.2 Å². The van der Waals surface area contributed by atoms with Gasteiger partial charge in [-0.2, -0.15) is 0 Å². The van der Waals surface area contributed by atoms with Crippen LogP contribution in [0.25, 0.3) is 0 Å². The molecular formula is C21H25ClN2O2S. The molecule has 2 atom stereocenters. The number of rotatable bonds is 7. The molecular weight excluding hydrogens is 380 g/mol. The number of benzene rings is 2. The first kappa shape index (κ1) is 20.2.